The van der Waals surface area contributed by atoms with Crippen LogP contribution in [0.3, 0.4) is 0 Å². The van der Waals surface area contributed by atoms with Crippen LogP contribution in [0.4, 0.5) is 0 Å². The Balaban J connectivity index is 1.75. The lowest BCUT2D eigenvalue weighted by Gasteiger charge is -2.16. The molecule has 5 heteroatoms. The molecular formula is C17H19N3O2. The molecule has 5 nitrogen and oxygen atoms in total. The van der Waals surface area contributed by atoms with Crippen LogP contribution in [0.2, 0.25) is 0 Å². The molecule has 0 heterocycles. The fraction of sp³-hybridized carbons (Fsp3) is 0.176. The van der Waals surface area contributed by atoms with Crippen molar-refractivity contribution in [3.8, 4) is 0 Å². The van der Waals surface area contributed by atoms with Gasteiger partial charge in [-0.15, -0.1) is 0 Å². The zero-order valence-corrected chi connectivity index (χ0v) is 12.5. The minimum Gasteiger partial charge on any atom is -0.293 e. The van der Waals surface area contributed by atoms with Crippen LogP contribution in [0, 0.1) is 0 Å². The largest absolute Gasteiger partial charge is 0.293 e. The van der Waals surface area contributed by atoms with Gasteiger partial charge in [-0.25, -0.2) is 0 Å². The van der Waals surface area contributed by atoms with Crippen LogP contribution in [0.5, 0.6) is 0 Å². The molecule has 0 saturated carbocycles. The number of nitrogens with one attached hydrogen (secondary N) is 2. The van der Waals surface area contributed by atoms with Crippen LogP contribution >= 0.6 is 0 Å². The van der Waals surface area contributed by atoms with Gasteiger partial charge in [-0.2, -0.15) is 0 Å². The first-order valence-corrected chi connectivity index (χ1v) is 7.02. The van der Waals surface area contributed by atoms with Crippen molar-refractivity contribution in [2.75, 3.05) is 13.6 Å². The molecule has 2 N–H and O–H groups in total. The van der Waals surface area contributed by atoms with Crippen molar-refractivity contribution in [2.45, 2.75) is 6.54 Å². The summed E-state index contributed by atoms with van der Waals surface area (Å²) in [6.45, 7) is 0.866. The molecule has 0 bridgehead atoms. The Hall–Kier alpha value is -2.66. The maximum atomic E-state index is 11.8. The second kappa shape index (κ2) is 7.95. The van der Waals surface area contributed by atoms with E-state index in [4.69, 9.17) is 0 Å². The number of benzene rings is 2. The summed E-state index contributed by atoms with van der Waals surface area (Å²) in [5.74, 6) is -0.595. The van der Waals surface area contributed by atoms with Crippen molar-refractivity contribution in [3.63, 3.8) is 0 Å². The van der Waals surface area contributed by atoms with Gasteiger partial charge in [-0.05, 0) is 24.7 Å². The Bertz CT molecular complexity index is 614. The summed E-state index contributed by atoms with van der Waals surface area (Å²) in [5, 5.41) is 0. The Morgan fingerprint density at radius 3 is 2.14 bits per heavy atom. The molecule has 0 fully saturated rings. The van der Waals surface area contributed by atoms with Gasteiger partial charge in [-0.1, -0.05) is 48.5 Å². The van der Waals surface area contributed by atoms with Crippen molar-refractivity contribution < 1.29 is 9.59 Å². The highest BCUT2D eigenvalue weighted by atomic mass is 16.2. The first kappa shape index (κ1) is 15.7. The van der Waals surface area contributed by atoms with Crippen molar-refractivity contribution in [1.29, 1.82) is 0 Å². The van der Waals surface area contributed by atoms with E-state index in [1.165, 1.54) is 0 Å². The molecule has 0 aromatic heterocycles. The second-order valence-corrected chi connectivity index (χ2v) is 5.03. The van der Waals surface area contributed by atoms with E-state index < -0.39 is 0 Å². The first-order valence-electron chi connectivity index (χ1n) is 7.02. The van der Waals surface area contributed by atoms with Crippen molar-refractivity contribution in [1.82, 2.24) is 15.8 Å². The van der Waals surface area contributed by atoms with E-state index in [2.05, 4.69) is 10.9 Å². The lowest BCUT2D eigenvalue weighted by Crippen LogP contribution is -2.45. The molecule has 0 saturated heterocycles. The Kier molecular flexibility index (Phi) is 5.68. The molecule has 0 aliphatic rings. The van der Waals surface area contributed by atoms with Gasteiger partial charge in [0.1, 0.15) is 0 Å². The van der Waals surface area contributed by atoms with Gasteiger partial charge in [-0.3, -0.25) is 25.3 Å². The third kappa shape index (κ3) is 5.03. The lowest BCUT2D eigenvalue weighted by atomic mass is 10.2. The monoisotopic (exact) mass is 297 g/mol. The summed E-state index contributed by atoms with van der Waals surface area (Å²) in [6, 6.07) is 18.6. The minimum absolute atomic E-state index is 0.198. The number of hydrazine groups is 1. The molecule has 2 aromatic carbocycles. The van der Waals surface area contributed by atoms with Gasteiger partial charge < -0.3 is 0 Å². The summed E-state index contributed by atoms with van der Waals surface area (Å²) in [4.78, 5) is 25.5. The standard InChI is InChI=1S/C17H19N3O2/c1-20(12-14-8-4-2-5-9-14)13-16(21)18-19-17(22)15-10-6-3-7-11-15/h2-11H,12-13H2,1H3,(H,18,21)(H,19,22). The van der Waals surface area contributed by atoms with Crippen LogP contribution in [0.25, 0.3) is 0 Å². The number of nitrogens with zero attached hydrogens (tertiary/aromatic N) is 1. The highest BCUT2D eigenvalue weighted by Gasteiger charge is 2.09. The summed E-state index contributed by atoms with van der Waals surface area (Å²) in [6.07, 6.45) is 0. The van der Waals surface area contributed by atoms with Crippen molar-refractivity contribution in [3.05, 3.63) is 71.8 Å². The third-order valence-corrected chi connectivity index (χ3v) is 3.06. The summed E-state index contributed by atoms with van der Waals surface area (Å²) < 4.78 is 0. The van der Waals surface area contributed by atoms with E-state index in [0.29, 0.717) is 12.1 Å². The summed E-state index contributed by atoms with van der Waals surface area (Å²) in [5.41, 5.74) is 6.45. The highest BCUT2D eigenvalue weighted by Crippen LogP contribution is 2.02. The SMILES string of the molecule is CN(CC(=O)NNC(=O)c1ccccc1)Cc1ccccc1. The molecule has 114 valence electrons. The summed E-state index contributed by atoms with van der Waals surface area (Å²) >= 11 is 0. The van der Waals surface area contributed by atoms with Crippen LogP contribution < -0.4 is 10.9 Å². The van der Waals surface area contributed by atoms with Crippen molar-refractivity contribution in [2.24, 2.45) is 0 Å². The van der Waals surface area contributed by atoms with E-state index in [0.717, 1.165) is 5.56 Å². The lowest BCUT2D eigenvalue weighted by molar-refractivity contribution is -0.122. The molecule has 22 heavy (non-hydrogen) atoms. The maximum Gasteiger partial charge on any atom is 0.269 e. The third-order valence-electron chi connectivity index (χ3n) is 3.06. The number of rotatable bonds is 5. The maximum absolute atomic E-state index is 11.8. The fourth-order valence-corrected chi connectivity index (χ4v) is 2.02. The van der Waals surface area contributed by atoms with Gasteiger partial charge in [0.15, 0.2) is 0 Å². The predicted molar refractivity (Wildman–Crippen MR) is 84.8 cm³/mol. The van der Waals surface area contributed by atoms with Crippen LogP contribution in [0.1, 0.15) is 15.9 Å². The number of carbonyl (C=O) groups is 2. The Morgan fingerprint density at radius 2 is 1.50 bits per heavy atom. The molecule has 0 radical (unpaired) electrons. The van der Waals surface area contributed by atoms with Gasteiger partial charge >= 0.3 is 0 Å². The zero-order valence-electron chi connectivity index (χ0n) is 12.5. The second-order valence-electron chi connectivity index (χ2n) is 5.03. The number of carbonyl (C=O) groups excluding carboxylic acids is 2. The van der Waals surface area contributed by atoms with Crippen LogP contribution in [-0.2, 0) is 11.3 Å². The quantitative estimate of drug-likeness (QED) is 0.824. The molecule has 0 aliphatic carbocycles. The van der Waals surface area contributed by atoms with Crippen LogP contribution in [0.15, 0.2) is 60.7 Å². The molecule has 0 aliphatic heterocycles. The summed E-state index contributed by atoms with van der Waals surface area (Å²) in [7, 11) is 1.85. The molecule has 2 amide bonds. The fourth-order valence-electron chi connectivity index (χ4n) is 2.02. The van der Waals surface area contributed by atoms with E-state index in [1.54, 1.807) is 24.3 Å². The molecule has 2 rings (SSSR count). The zero-order chi connectivity index (χ0) is 15.8. The van der Waals surface area contributed by atoms with E-state index in [-0.39, 0.29) is 18.4 Å². The van der Waals surface area contributed by atoms with Crippen molar-refractivity contribution >= 4 is 11.8 Å². The van der Waals surface area contributed by atoms with E-state index in [1.807, 2.05) is 48.3 Å². The minimum atomic E-state index is -0.334. The average molecular weight is 297 g/mol. The van der Waals surface area contributed by atoms with Gasteiger partial charge in [0.2, 0.25) is 0 Å². The molecular weight excluding hydrogens is 278 g/mol. The highest BCUT2D eigenvalue weighted by molar-refractivity contribution is 5.95. The van der Waals surface area contributed by atoms with Gasteiger partial charge in [0.25, 0.3) is 11.8 Å². The van der Waals surface area contributed by atoms with Gasteiger partial charge in [0, 0.05) is 12.1 Å². The Morgan fingerprint density at radius 1 is 0.909 bits per heavy atom. The van der Waals surface area contributed by atoms with Crippen LogP contribution in [-0.4, -0.2) is 30.3 Å². The molecule has 2 aromatic rings. The number of likely N-dealkylation sites (N-methyl/N-ethyl adjacent to an activating group) is 1. The number of hydrogen-bond donors (Lipinski definition) is 2. The number of hydrogen-bond acceptors (Lipinski definition) is 3. The number of amides is 2. The van der Waals surface area contributed by atoms with E-state index in [9.17, 15) is 9.59 Å². The first-order chi connectivity index (χ1) is 10.6. The smallest absolute Gasteiger partial charge is 0.269 e. The Labute approximate surface area is 129 Å². The molecule has 0 atom stereocenters. The normalized spacial score (nSPS) is 10.3. The van der Waals surface area contributed by atoms with Gasteiger partial charge in [0.05, 0.1) is 6.54 Å². The molecule has 0 spiro atoms. The molecule has 0 unspecified atom stereocenters. The van der Waals surface area contributed by atoms with E-state index >= 15 is 0 Å². The topological polar surface area (TPSA) is 61.4 Å². The predicted octanol–water partition coefficient (Wildman–Crippen LogP) is 1.58. The average Bonchev–Trinajstić information content (AvgIpc) is 2.54.